The van der Waals surface area contributed by atoms with Crippen LogP contribution in [0, 0.1) is 0 Å². The number of amides is 1. The largest absolute Gasteiger partial charge is 0.478 e. The molecule has 0 spiro atoms. The Morgan fingerprint density at radius 2 is 2.19 bits per heavy atom. The average Bonchev–Trinajstić information content (AvgIpc) is 2.56. The molecule has 0 bridgehead atoms. The first-order chi connectivity index (χ1) is 7.56. The van der Waals surface area contributed by atoms with Crippen LogP contribution in [-0.2, 0) is 4.79 Å². The van der Waals surface area contributed by atoms with Gasteiger partial charge in [0, 0.05) is 6.92 Å². The van der Waals surface area contributed by atoms with Crippen LogP contribution in [0.5, 0.6) is 0 Å². The van der Waals surface area contributed by atoms with E-state index in [9.17, 15) is 9.59 Å². The fourth-order valence-corrected chi connectivity index (χ4v) is 1.26. The maximum absolute atomic E-state index is 10.8. The number of nitrogens with zero attached hydrogens (tertiary/aromatic N) is 1. The van der Waals surface area contributed by atoms with Crippen LogP contribution in [0.2, 0.25) is 0 Å². The van der Waals surface area contributed by atoms with Crippen LogP contribution in [0.4, 0.5) is 6.01 Å². The summed E-state index contributed by atoms with van der Waals surface area (Å²) in [6.45, 7) is 1.33. The topological polar surface area (TPSA) is 92.4 Å². The number of nitrogens with one attached hydrogen (secondary N) is 1. The van der Waals surface area contributed by atoms with E-state index in [2.05, 4.69) is 10.3 Å². The lowest BCUT2D eigenvalue weighted by atomic mass is 10.2. The fraction of sp³-hybridized carbons (Fsp3) is 0.100. The molecule has 1 aromatic carbocycles. The Bertz CT molecular complexity index is 573. The number of fused-ring (bicyclic) bond motifs is 1. The van der Waals surface area contributed by atoms with E-state index in [1.807, 2.05) is 0 Å². The summed E-state index contributed by atoms with van der Waals surface area (Å²) in [4.78, 5) is 25.4. The lowest BCUT2D eigenvalue weighted by molar-refractivity contribution is -0.114. The van der Waals surface area contributed by atoms with Gasteiger partial charge in [-0.1, -0.05) is 0 Å². The van der Waals surface area contributed by atoms with Gasteiger partial charge in [0.1, 0.15) is 5.52 Å². The lowest BCUT2D eigenvalue weighted by Gasteiger charge is -1.91. The predicted octanol–water partition coefficient (Wildman–Crippen LogP) is 1.48. The number of hydrogen-bond acceptors (Lipinski definition) is 4. The molecule has 0 saturated heterocycles. The summed E-state index contributed by atoms with van der Waals surface area (Å²) in [5, 5.41) is 11.1. The zero-order valence-corrected chi connectivity index (χ0v) is 8.35. The Balaban J connectivity index is 2.45. The minimum atomic E-state index is -1.04. The number of rotatable bonds is 2. The molecule has 6 heteroatoms. The summed E-state index contributed by atoms with van der Waals surface area (Å²) < 4.78 is 5.18. The van der Waals surface area contributed by atoms with Crippen LogP contribution in [0.15, 0.2) is 22.6 Å². The van der Waals surface area contributed by atoms with E-state index < -0.39 is 5.97 Å². The number of hydrogen-bond donors (Lipinski definition) is 2. The highest BCUT2D eigenvalue weighted by Crippen LogP contribution is 2.20. The quantitative estimate of drug-likeness (QED) is 0.799. The van der Waals surface area contributed by atoms with Gasteiger partial charge in [-0.05, 0) is 18.2 Å². The smallest absolute Gasteiger partial charge is 0.335 e. The van der Waals surface area contributed by atoms with Crippen molar-refractivity contribution < 1.29 is 19.1 Å². The third kappa shape index (κ3) is 1.85. The summed E-state index contributed by atoms with van der Waals surface area (Å²) in [7, 11) is 0. The number of anilines is 1. The highest BCUT2D eigenvalue weighted by Gasteiger charge is 2.09. The van der Waals surface area contributed by atoms with Crippen LogP contribution in [0.25, 0.3) is 11.1 Å². The molecule has 0 saturated carbocycles. The second-order valence-electron chi connectivity index (χ2n) is 3.19. The van der Waals surface area contributed by atoms with Gasteiger partial charge in [-0.25, -0.2) is 4.79 Å². The molecule has 2 rings (SSSR count). The van der Waals surface area contributed by atoms with Gasteiger partial charge in [-0.3, -0.25) is 10.1 Å². The number of aromatic nitrogens is 1. The zero-order valence-electron chi connectivity index (χ0n) is 8.35. The molecule has 6 nitrogen and oxygen atoms in total. The number of carbonyl (C=O) groups is 2. The molecule has 16 heavy (non-hydrogen) atoms. The number of aromatic carboxylic acids is 1. The highest BCUT2D eigenvalue weighted by atomic mass is 16.4. The Labute approximate surface area is 89.9 Å². The third-order valence-corrected chi connectivity index (χ3v) is 1.92. The highest BCUT2D eigenvalue weighted by molar-refractivity contribution is 5.93. The van der Waals surface area contributed by atoms with E-state index in [0.717, 1.165) is 0 Å². The SMILES string of the molecule is CC(=O)Nc1nc2cc(C(=O)O)ccc2o1. The maximum atomic E-state index is 10.8. The molecule has 2 aromatic rings. The molecule has 1 aromatic heterocycles. The van der Waals surface area contributed by atoms with Crippen molar-refractivity contribution in [1.29, 1.82) is 0 Å². The van der Waals surface area contributed by atoms with Gasteiger partial charge in [-0.15, -0.1) is 0 Å². The molecule has 0 aliphatic rings. The molecule has 0 fully saturated rings. The first-order valence-corrected chi connectivity index (χ1v) is 4.48. The molecule has 0 aliphatic heterocycles. The van der Waals surface area contributed by atoms with E-state index in [1.54, 1.807) is 0 Å². The number of carboxylic acid groups (broad SMARTS) is 1. The monoisotopic (exact) mass is 220 g/mol. The lowest BCUT2D eigenvalue weighted by Crippen LogP contribution is -2.05. The summed E-state index contributed by atoms with van der Waals surface area (Å²) in [5.74, 6) is -1.34. The number of benzene rings is 1. The molecule has 0 radical (unpaired) electrons. The van der Waals surface area contributed by atoms with Gasteiger partial charge in [0.2, 0.25) is 5.91 Å². The third-order valence-electron chi connectivity index (χ3n) is 1.92. The number of carbonyl (C=O) groups excluding carboxylic acids is 1. The Kier molecular flexibility index (Phi) is 2.32. The first-order valence-electron chi connectivity index (χ1n) is 4.48. The summed E-state index contributed by atoms with van der Waals surface area (Å²) in [6, 6.07) is 4.35. The van der Waals surface area contributed by atoms with Crippen molar-refractivity contribution in [2.75, 3.05) is 5.32 Å². The molecule has 0 unspecified atom stereocenters. The molecule has 1 amide bonds. The number of carboxylic acids is 1. The Morgan fingerprint density at radius 1 is 1.44 bits per heavy atom. The van der Waals surface area contributed by atoms with E-state index in [-0.39, 0.29) is 17.5 Å². The summed E-state index contributed by atoms with van der Waals surface area (Å²) in [5.41, 5.74) is 0.938. The molecule has 1 heterocycles. The van der Waals surface area contributed by atoms with Gasteiger partial charge < -0.3 is 9.52 Å². The van der Waals surface area contributed by atoms with Crippen molar-refractivity contribution in [3.05, 3.63) is 23.8 Å². The molecule has 0 aliphatic carbocycles. The Morgan fingerprint density at radius 3 is 2.81 bits per heavy atom. The summed E-state index contributed by atoms with van der Waals surface area (Å²) >= 11 is 0. The van der Waals surface area contributed by atoms with Crippen LogP contribution in [0.3, 0.4) is 0 Å². The van der Waals surface area contributed by atoms with Crippen molar-refractivity contribution in [2.24, 2.45) is 0 Å². The van der Waals surface area contributed by atoms with Crippen molar-refractivity contribution in [3.8, 4) is 0 Å². The predicted molar refractivity (Wildman–Crippen MR) is 55.3 cm³/mol. The van der Waals surface area contributed by atoms with Gasteiger partial charge >= 0.3 is 12.0 Å². The summed E-state index contributed by atoms with van der Waals surface area (Å²) in [6.07, 6.45) is 0. The van der Waals surface area contributed by atoms with Crippen molar-refractivity contribution in [1.82, 2.24) is 4.98 Å². The van der Waals surface area contributed by atoms with Crippen LogP contribution in [0.1, 0.15) is 17.3 Å². The van der Waals surface area contributed by atoms with E-state index in [4.69, 9.17) is 9.52 Å². The first kappa shape index (κ1) is 10.2. The van der Waals surface area contributed by atoms with Crippen molar-refractivity contribution in [2.45, 2.75) is 6.92 Å². The van der Waals surface area contributed by atoms with Crippen LogP contribution in [-0.4, -0.2) is 22.0 Å². The van der Waals surface area contributed by atoms with E-state index >= 15 is 0 Å². The standard InChI is InChI=1S/C10H8N2O4/c1-5(13)11-10-12-7-4-6(9(14)15)2-3-8(7)16-10/h2-4H,1H3,(H,14,15)(H,11,12,13). The van der Waals surface area contributed by atoms with Gasteiger partial charge in [0.05, 0.1) is 5.56 Å². The second-order valence-corrected chi connectivity index (χ2v) is 3.19. The van der Waals surface area contributed by atoms with Crippen molar-refractivity contribution in [3.63, 3.8) is 0 Å². The fourth-order valence-electron chi connectivity index (χ4n) is 1.26. The minimum absolute atomic E-state index is 0.0602. The van der Waals surface area contributed by atoms with Gasteiger partial charge in [0.25, 0.3) is 0 Å². The second kappa shape index (κ2) is 3.65. The normalized spacial score (nSPS) is 10.3. The van der Waals surface area contributed by atoms with Crippen LogP contribution < -0.4 is 5.32 Å². The van der Waals surface area contributed by atoms with Gasteiger partial charge in [-0.2, -0.15) is 4.98 Å². The molecule has 0 atom stereocenters. The number of oxazole rings is 1. The molecule has 82 valence electrons. The van der Waals surface area contributed by atoms with Crippen molar-refractivity contribution >= 4 is 29.0 Å². The average molecular weight is 220 g/mol. The molecular formula is C10H8N2O4. The zero-order chi connectivity index (χ0) is 11.7. The minimum Gasteiger partial charge on any atom is -0.478 e. The van der Waals surface area contributed by atoms with E-state index in [1.165, 1.54) is 25.1 Å². The maximum Gasteiger partial charge on any atom is 0.335 e. The molecular weight excluding hydrogens is 212 g/mol. The van der Waals surface area contributed by atoms with E-state index in [0.29, 0.717) is 11.1 Å². The molecule has 2 N–H and O–H groups in total. The Hall–Kier alpha value is -2.37. The van der Waals surface area contributed by atoms with Crippen LogP contribution >= 0.6 is 0 Å². The van der Waals surface area contributed by atoms with Gasteiger partial charge in [0.15, 0.2) is 5.58 Å².